The second-order valence-corrected chi connectivity index (χ2v) is 5.86. The van der Waals surface area contributed by atoms with Gasteiger partial charge < -0.3 is 14.8 Å². The van der Waals surface area contributed by atoms with Gasteiger partial charge in [0.05, 0.1) is 20.8 Å². The lowest BCUT2D eigenvalue weighted by molar-refractivity contribution is -0.181. The van der Waals surface area contributed by atoms with Gasteiger partial charge in [-0.2, -0.15) is 5.06 Å². The Balaban J connectivity index is 1.62. The van der Waals surface area contributed by atoms with Gasteiger partial charge >= 0.3 is 0 Å². The highest BCUT2D eigenvalue weighted by Gasteiger charge is 2.12. The standard InChI is InChI=1S/C18H28N2O4/c1-22-16-8-7-15(14-17(16)23-2)6-5-10-19-18(21)9-12-20-11-3-4-13-24-20/h7-8,14H,3-6,9-13H2,1-2H3,(H,19,21). The average Bonchev–Trinajstić information content (AvgIpc) is 2.64. The lowest BCUT2D eigenvalue weighted by Gasteiger charge is -2.25. The molecular weight excluding hydrogens is 308 g/mol. The van der Waals surface area contributed by atoms with E-state index in [1.807, 2.05) is 23.3 Å². The van der Waals surface area contributed by atoms with Gasteiger partial charge in [-0.1, -0.05) is 6.07 Å². The Bertz CT molecular complexity index is 516. The number of amides is 1. The first-order chi connectivity index (χ1) is 11.7. The molecule has 1 saturated heterocycles. The molecule has 0 aliphatic carbocycles. The van der Waals surface area contributed by atoms with Gasteiger partial charge in [-0.05, 0) is 43.4 Å². The minimum absolute atomic E-state index is 0.0801. The number of hydrogen-bond donors (Lipinski definition) is 1. The fourth-order valence-corrected chi connectivity index (χ4v) is 2.70. The normalized spacial score (nSPS) is 15.1. The maximum Gasteiger partial charge on any atom is 0.221 e. The van der Waals surface area contributed by atoms with Crippen molar-refractivity contribution in [3.05, 3.63) is 23.8 Å². The van der Waals surface area contributed by atoms with Crippen LogP contribution in [0.4, 0.5) is 0 Å². The van der Waals surface area contributed by atoms with E-state index >= 15 is 0 Å². The van der Waals surface area contributed by atoms with E-state index in [4.69, 9.17) is 14.3 Å². The Morgan fingerprint density at radius 1 is 1.25 bits per heavy atom. The zero-order valence-electron chi connectivity index (χ0n) is 14.7. The fourth-order valence-electron chi connectivity index (χ4n) is 2.70. The van der Waals surface area contributed by atoms with E-state index in [0.29, 0.717) is 19.5 Å². The van der Waals surface area contributed by atoms with Gasteiger partial charge in [0.15, 0.2) is 11.5 Å². The molecule has 1 N–H and O–H groups in total. The molecule has 6 nitrogen and oxygen atoms in total. The van der Waals surface area contributed by atoms with Crippen LogP contribution in [0, 0.1) is 0 Å². The molecule has 0 aromatic heterocycles. The maximum absolute atomic E-state index is 11.9. The molecule has 0 saturated carbocycles. The van der Waals surface area contributed by atoms with Crippen LogP contribution in [-0.4, -0.2) is 51.4 Å². The monoisotopic (exact) mass is 336 g/mol. The van der Waals surface area contributed by atoms with Crippen LogP contribution in [0.15, 0.2) is 18.2 Å². The molecule has 2 rings (SSSR count). The Morgan fingerprint density at radius 3 is 2.79 bits per heavy atom. The second-order valence-electron chi connectivity index (χ2n) is 5.86. The summed E-state index contributed by atoms with van der Waals surface area (Å²) in [5.41, 5.74) is 1.17. The zero-order valence-corrected chi connectivity index (χ0v) is 14.7. The molecule has 0 unspecified atom stereocenters. The number of ether oxygens (including phenoxy) is 2. The van der Waals surface area contributed by atoms with Crippen molar-refractivity contribution >= 4 is 5.91 Å². The van der Waals surface area contributed by atoms with Gasteiger partial charge in [0.2, 0.25) is 5.91 Å². The highest BCUT2D eigenvalue weighted by Crippen LogP contribution is 2.27. The van der Waals surface area contributed by atoms with Crippen molar-refractivity contribution in [2.45, 2.75) is 32.1 Å². The number of methoxy groups -OCH3 is 2. The molecule has 24 heavy (non-hydrogen) atoms. The van der Waals surface area contributed by atoms with Crippen molar-refractivity contribution in [1.29, 1.82) is 0 Å². The zero-order chi connectivity index (χ0) is 17.2. The van der Waals surface area contributed by atoms with Gasteiger partial charge in [-0.25, -0.2) is 0 Å². The quantitative estimate of drug-likeness (QED) is 0.700. The number of hydroxylamine groups is 2. The molecule has 0 radical (unpaired) electrons. The predicted molar refractivity (Wildman–Crippen MR) is 92.3 cm³/mol. The predicted octanol–water partition coefficient (Wildman–Crippen LogP) is 2.17. The van der Waals surface area contributed by atoms with Gasteiger partial charge in [-0.15, -0.1) is 0 Å². The SMILES string of the molecule is COc1ccc(CCCNC(=O)CCN2CCCCO2)cc1OC. The van der Waals surface area contributed by atoms with E-state index in [1.54, 1.807) is 14.2 Å². The van der Waals surface area contributed by atoms with Crippen LogP contribution < -0.4 is 14.8 Å². The molecule has 134 valence electrons. The van der Waals surface area contributed by atoms with E-state index in [2.05, 4.69) is 5.32 Å². The lowest BCUT2D eigenvalue weighted by Crippen LogP contribution is -2.34. The number of rotatable bonds is 9. The van der Waals surface area contributed by atoms with Crippen molar-refractivity contribution in [3.63, 3.8) is 0 Å². The van der Waals surface area contributed by atoms with Crippen molar-refractivity contribution in [1.82, 2.24) is 10.4 Å². The van der Waals surface area contributed by atoms with Gasteiger partial charge in [0, 0.05) is 26.1 Å². The number of carbonyl (C=O) groups excluding carboxylic acids is 1. The van der Waals surface area contributed by atoms with E-state index in [9.17, 15) is 4.79 Å². The van der Waals surface area contributed by atoms with E-state index < -0.39 is 0 Å². The van der Waals surface area contributed by atoms with Crippen molar-refractivity contribution in [2.24, 2.45) is 0 Å². The number of benzene rings is 1. The molecule has 6 heteroatoms. The molecule has 1 aromatic rings. The Hall–Kier alpha value is -1.79. The first-order valence-electron chi connectivity index (χ1n) is 8.58. The average molecular weight is 336 g/mol. The highest BCUT2D eigenvalue weighted by molar-refractivity contribution is 5.75. The van der Waals surface area contributed by atoms with Crippen LogP contribution >= 0.6 is 0 Å². The van der Waals surface area contributed by atoms with Crippen LogP contribution in [0.25, 0.3) is 0 Å². The minimum Gasteiger partial charge on any atom is -0.493 e. The smallest absolute Gasteiger partial charge is 0.221 e. The van der Waals surface area contributed by atoms with Gasteiger partial charge in [0.25, 0.3) is 0 Å². The summed E-state index contributed by atoms with van der Waals surface area (Å²) >= 11 is 0. The summed E-state index contributed by atoms with van der Waals surface area (Å²) in [6.07, 6.45) is 4.51. The molecule has 1 fully saturated rings. The lowest BCUT2D eigenvalue weighted by atomic mass is 10.1. The van der Waals surface area contributed by atoms with Crippen LogP contribution in [0.1, 0.15) is 31.2 Å². The van der Waals surface area contributed by atoms with Gasteiger partial charge in [0.1, 0.15) is 0 Å². The third kappa shape index (κ3) is 6.02. The Labute approximate surface area is 144 Å². The third-order valence-electron chi connectivity index (χ3n) is 4.08. The molecule has 0 spiro atoms. The summed E-state index contributed by atoms with van der Waals surface area (Å²) in [7, 11) is 3.26. The molecule has 1 amide bonds. The summed E-state index contributed by atoms with van der Waals surface area (Å²) < 4.78 is 10.5. The minimum atomic E-state index is 0.0801. The molecule has 1 aliphatic heterocycles. The summed E-state index contributed by atoms with van der Waals surface area (Å²) in [4.78, 5) is 17.3. The number of aryl methyl sites for hydroxylation is 1. The number of nitrogens with zero attached hydrogens (tertiary/aromatic N) is 1. The first-order valence-corrected chi connectivity index (χ1v) is 8.58. The molecule has 1 heterocycles. The fraction of sp³-hybridized carbons (Fsp3) is 0.611. The van der Waals surface area contributed by atoms with Crippen LogP contribution in [0.3, 0.4) is 0 Å². The van der Waals surface area contributed by atoms with Crippen LogP contribution in [-0.2, 0) is 16.1 Å². The van der Waals surface area contributed by atoms with Crippen molar-refractivity contribution < 1.29 is 19.1 Å². The van der Waals surface area contributed by atoms with E-state index in [-0.39, 0.29) is 5.91 Å². The number of hydrogen-bond acceptors (Lipinski definition) is 5. The van der Waals surface area contributed by atoms with Crippen molar-refractivity contribution in [2.75, 3.05) is 40.5 Å². The van der Waals surface area contributed by atoms with E-state index in [0.717, 1.165) is 50.3 Å². The largest absolute Gasteiger partial charge is 0.493 e. The highest BCUT2D eigenvalue weighted by atomic mass is 16.7. The first kappa shape index (κ1) is 18.5. The van der Waals surface area contributed by atoms with Gasteiger partial charge in [-0.3, -0.25) is 9.63 Å². The Morgan fingerprint density at radius 2 is 2.08 bits per heavy atom. The maximum atomic E-state index is 11.9. The van der Waals surface area contributed by atoms with E-state index in [1.165, 1.54) is 5.56 Å². The topological polar surface area (TPSA) is 60.0 Å². The molecular formula is C18H28N2O4. The second kappa shape index (κ2) is 10.2. The number of nitrogens with one attached hydrogen (secondary N) is 1. The molecule has 0 bridgehead atoms. The summed E-state index contributed by atoms with van der Waals surface area (Å²) in [6.45, 7) is 3.04. The molecule has 1 aromatic carbocycles. The Kier molecular flexibility index (Phi) is 7.85. The summed E-state index contributed by atoms with van der Waals surface area (Å²) in [5.74, 6) is 1.55. The van der Waals surface area contributed by atoms with Crippen LogP contribution in [0.2, 0.25) is 0 Å². The van der Waals surface area contributed by atoms with Crippen LogP contribution in [0.5, 0.6) is 11.5 Å². The molecule has 0 atom stereocenters. The van der Waals surface area contributed by atoms with Crippen molar-refractivity contribution in [3.8, 4) is 11.5 Å². The molecule has 1 aliphatic rings. The third-order valence-corrected chi connectivity index (χ3v) is 4.08. The summed E-state index contributed by atoms with van der Waals surface area (Å²) in [6, 6.07) is 5.91. The summed E-state index contributed by atoms with van der Waals surface area (Å²) in [5, 5.41) is 4.86. The number of carbonyl (C=O) groups is 1.